The number of anilines is 1. The number of piperidine rings is 1. The predicted molar refractivity (Wildman–Crippen MR) is 139 cm³/mol. The summed E-state index contributed by atoms with van der Waals surface area (Å²) in [7, 11) is 1.62. The molecular formula is C26H33FN4O3S. The van der Waals surface area contributed by atoms with Gasteiger partial charge in [0, 0.05) is 44.6 Å². The van der Waals surface area contributed by atoms with Gasteiger partial charge in [0.05, 0.1) is 0 Å². The number of benzene rings is 2. The van der Waals surface area contributed by atoms with Gasteiger partial charge < -0.3 is 25.6 Å². The number of carbonyl (C=O) groups is 2. The van der Waals surface area contributed by atoms with Crippen LogP contribution in [0.3, 0.4) is 0 Å². The van der Waals surface area contributed by atoms with Crippen molar-refractivity contribution in [2.24, 2.45) is 5.92 Å². The van der Waals surface area contributed by atoms with Crippen LogP contribution in [-0.2, 0) is 9.53 Å². The lowest BCUT2D eigenvalue weighted by Crippen LogP contribution is -2.54. The van der Waals surface area contributed by atoms with Crippen LogP contribution < -0.4 is 16.0 Å². The molecule has 0 aromatic heterocycles. The first-order chi connectivity index (χ1) is 16.9. The highest BCUT2D eigenvalue weighted by atomic mass is 32.1. The van der Waals surface area contributed by atoms with Gasteiger partial charge in [0.15, 0.2) is 5.11 Å². The highest BCUT2D eigenvalue weighted by molar-refractivity contribution is 7.80. The molecule has 3 N–H and O–H groups in total. The third kappa shape index (κ3) is 7.73. The number of amides is 2. The topological polar surface area (TPSA) is 82.7 Å². The molecule has 3 rings (SSSR count). The Morgan fingerprint density at radius 2 is 1.83 bits per heavy atom. The van der Waals surface area contributed by atoms with Gasteiger partial charge in [-0.25, -0.2) is 4.39 Å². The number of likely N-dealkylation sites (tertiary alicyclic amines) is 1. The zero-order valence-corrected chi connectivity index (χ0v) is 21.0. The summed E-state index contributed by atoms with van der Waals surface area (Å²) in [5, 5.41) is 9.62. The first-order valence-corrected chi connectivity index (χ1v) is 12.2. The second-order valence-corrected chi connectivity index (χ2v) is 9.05. The number of hydrogen-bond acceptors (Lipinski definition) is 4. The highest BCUT2D eigenvalue weighted by Crippen LogP contribution is 2.23. The van der Waals surface area contributed by atoms with Crippen LogP contribution in [0.25, 0.3) is 0 Å². The monoisotopic (exact) mass is 500 g/mol. The Labute approximate surface area is 211 Å². The number of thiocarbonyl (C=S) groups is 1. The van der Waals surface area contributed by atoms with Gasteiger partial charge in [-0.15, -0.1) is 0 Å². The van der Waals surface area contributed by atoms with Gasteiger partial charge >= 0.3 is 0 Å². The molecule has 1 atom stereocenters. The van der Waals surface area contributed by atoms with E-state index in [1.165, 1.54) is 12.1 Å². The summed E-state index contributed by atoms with van der Waals surface area (Å²) in [4.78, 5) is 28.1. The molecule has 2 aromatic carbocycles. The molecule has 0 spiro atoms. The van der Waals surface area contributed by atoms with E-state index in [-0.39, 0.29) is 23.5 Å². The predicted octanol–water partition coefficient (Wildman–Crippen LogP) is 3.49. The van der Waals surface area contributed by atoms with Crippen LogP contribution in [-0.4, -0.2) is 61.2 Å². The number of ether oxygens (including phenoxy) is 1. The second kappa shape index (κ2) is 13.2. The standard InChI is InChI=1S/C26H33FN4O3S/c1-18-6-3-4-7-22(18)24(32)30-23(25(33)28-14-5-17-34-2)19-12-15-31(16-13-19)26(35)29-21-10-8-20(27)9-11-21/h3-4,6-11,19,23H,5,12-17H2,1-2H3,(H,28,33)(H,29,35)(H,30,32)/t23-/m0/s1. The van der Waals surface area contributed by atoms with E-state index in [1.54, 1.807) is 25.3 Å². The molecule has 0 saturated carbocycles. The highest BCUT2D eigenvalue weighted by Gasteiger charge is 2.33. The van der Waals surface area contributed by atoms with E-state index < -0.39 is 6.04 Å². The number of methoxy groups -OCH3 is 1. The van der Waals surface area contributed by atoms with Gasteiger partial charge in [-0.2, -0.15) is 0 Å². The fourth-order valence-corrected chi connectivity index (χ4v) is 4.45. The minimum atomic E-state index is -0.648. The average Bonchev–Trinajstić information content (AvgIpc) is 2.86. The zero-order valence-electron chi connectivity index (χ0n) is 20.2. The zero-order chi connectivity index (χ0) is 25.2. The van der Waals surface area contributed by atoms with Gasteiger partial charge in [-0.1, -0.05) is 18.2 Å². The first-order valence-electron chi connectivity index (χ1n) is 11.8. The SMILES string of the molecule is COCCCNC(=O)[C@@H](NC(=O)c1ccccc1C)C1CCN(C(=S)Nc2ccc(F)cc2)CC1. The molecule has 35 heavy (non-hydrogen) atoms. The van der Waals surface area contributed by atoms with Gasteiger partial charge in [-0.3, -0.25) is 9.59 Å². The van der Waals surface area contributed by atoms with Crippen molar-refractivity contribution in [3.05, 3.63) is 65.5 Å². The van der Waals surface area contributed by atoms with Crippen molar-refractivity contribution in [1.29, 1.82) is 0 Å². The summed E-state index contributed by atoms with van der Waals surface area (Å²) in [5.74, 6) is -0.776. The molecule has 188 valence electrons. The fourth-order valence-electron chi connectivity index (χ4n) is 4.15. The van der Waals surface area contributed by atoms with Crippen LogP contribution in [0.4, 0.5) is 10.1 Å². The van der Waals surface area contributed by atoms with Crippen molar-refractivity contribution in [2.75, 3.05) is 38.7 Å². The molecule has 9 heteroatoms. The molecule has 2 amide bonds. The summed E-state index contributed by atoms with van der Waals surface area (Å²) in [6.45, 7) is 4.20. The largest absolute Gasteiger partial charge is 0.385 e. The van der Waals surface area contributed by atoms with Crippen molar-refractivity contribution in [1.82, 2.24) is 15.5 Å². The molecule has 1 aliphatic rings. The Balaban J connectivity index is 1.63. The van der Waals surface area contributed by atoms with Crippen LogP contribution in [0, 0.1) is 18.7 Å². The maximum atomic E-state index is 13.2. The van der Waals surface area contributed by atoms with Crippen molar-refractivity contribution in [2.45, 2.75) is 32.2 Å². The smallest absolute Gasteiger partial charge is 0.252 e. The van der Waals surface area contributed by atoms with E-state index >= 15 is 0 Å². The van der Waals surface area contributed by atoms with Crippen molar-refractivity contribution < 1.29 is 18.7 Å². The number of halogens is 1. The summed E-state index contributed by atoms with van der Waals surface area (Å²) in [6, 6.07) is 12.7. The molecule has 1 fully saturated rings. The lowest BCUT2D eigenvalue weighted by atomic mass is 9.88. The maximum absolute atomic E-state index is 13.2. The maximum Gasteiger partial charge on any atom is 0.252 e. The number of carbonyl (C=O) groups excluding carboxylic acids is 2. The molecule has 0 bridgehead atoms. The number of nitrogens with zero attached hydrogens (tertiary/aromatic N) is 1. The minimum Gasteiger partial charge on any atom is -0.385 e. The lowest BCUT2D eigenvalue weighted by Gasteiger charge is -2.37. The molecule has 1 heterocycles. The quantitative estimate of drug-likeness (QED) is 0.361. The van der Waals surface area contributed by atoms with Gasteiger partial charge in [0.2, 0.25) is 5.91 Å². The summed E-state index contributed by atoms with van der Waals surface area (Å²) >= 11 is 5.54. The average molecular weight is 501 g/mol. The Morgan fingerprint density at radius 3 is 2.49 bits per heavy atom. The number of aryl methyl sites for hydroxylation is 1. The third-order valence-corrected chi connectivity index (χ3v) is 6.54. The van der Waals surface area contributed by atoms with Crippen LogP contribution in [0.5, 0.6) is 0 Å². The number of nitrogens with one attached hydrogen (secondary N) is 3. The van der Waals surface area contributed by atoms with Crippen molar-refractivity contribution >= 4 is 34.8 Å². The molecule has 0 unspecified atom stereocenters. The summed E-state index contributed by atoms with van der Waals surface area (Å²) in [5.41, 5.74) is 2.14. The normalized spacial score (nSPS) is 14.8. The van der Waals surface area contributed by atoms with E-state index in [0.29, 0.717) is 56.2 Å². The van der Waals surface area contributed by atoms with Crippen LogP contribution >= 0.6 is 12.2 Å². The Bertz CT molecular complexity index is 1010. The van der Waals surface area contributed by atoms with Gasteiger partial charge in [-0.05, 0) is 80.2 Å². The second-order valence-electron chi connectivity index (χ2n) is 8.66. The van der Waals surface area contributed by atoms with E-state index in [1.807, 2.05) is 30.0 Å². The molecule has 1 aliphatic heterocycles. The summed E-state index contributed by atoms with van der Waals surface area (Å²) < 4.78 is 18.2. The van der Waals surface area contributed by atoms with Gasteiger partial charge in [0.1, 0.15) is 11.9 Å². The fraction of sp³-hybridized carbons (Fsp3) is 0.423. The Morgan fingerprint density at radius 1 is 1.14 bits per heavy atom. The molecular weight excluding hydrogens is 467 g/mol. The molecule has 2 aromatic rings. The molecule has 7 nitrogen and oxygen atoms in total. The van der Waals surface area contributed by atoms with E-state index in [0.717, 1.165) is 11.3 Å². The van der Waals surface area contributed by atoms with Crippen molar-refractivity contribution in [3.8, 4) is 0 Å². The number of hydrogen-bond donors (Lipinski definition) is 3. The van der Waals surface area contributed by atoms with E-state index in [2.05, 4.69) is 16.0 Å². The molecule has 0 radical (unpaired) electrons. The minimum absolute atomic E-state index is 0.0322. The Hall–Kier alpha value is -3.04. The molecule has 0 aliphatic carbocycles. The van der Waals surface area contributed by atoms with Gasteiger partial charge in [0.25, 0.3) is 5.91 Å². The van der Waals surface area contributed by atoms with E-state index in [4.69, 9.17) is 17.0 Å². The Kier molecular flexibility index (Phi) is 9.98. The van der Waals surface area contributed by atoms with Crippen LogP contribution in [0.1, 0.15) is 35.2 Å². The number of rotatable bonds is 9. The van der Waals surface area contributed by atoms with Crippen LogP contribution in [0.15, 0.2) is 48.5 Å². The van der Waals surface area contributed by atoms with E-state index in [9.17, 15) is 14.0 Å². The third-order valence-electron chi connectivity index (χ3n) is 6.18. The molecule has 1 saturated heterocycles. The first kappa shape index (κ1) is 26.6. The summed E-state index contributed by atoms with van der Waals surface area (Å²) in [6.07, 6.45) is 2.08. The van der Waals surface area contributed by atoms with Crippen molar-refractivity contribution in [3.63, 3.8) is 0 Å². The lowest BCUT2D eigenvalue weighted by molar-refractivity contribution is -0.124. The van der Waals surface area contributed by atoms with Crippen LogP contribution in [0.2, 0.25) is 0 Å².